The molecule has 0 spiro atoms. The Morgan fingerprint density at radius 3 is 2.65 bits per heavy atom. The molecule has 2 aromatic carbocycles. The number of benzene rings is 2. The maximum atomic E-state index is 12.8. The van der Waals surface area contributed by atoms with Crippen LogP contribution in [0.5, 0.6) is 5.75 Å². The van der Waals surface area contributed by atoms with Crippen LogP contribution >= 0.6 is 11.6 Å². The third kappa shape index (κ3) is 3.83. The van der Waals surface area contributed by atoms with Crippen LogP contribution in [0, 0.1) is 0 Å². The van der Waals surface area contributed by atoms with Gasteiger partial charge in [0.25, 0.3) is 5.91 Å². The molecule has 0 fully saturated rings. The normalized spacial score (nSPS) is 16.7. The number of amides is 1. The van der Waals surface area contributed by atoms with E-state index >= 15 is 0 Å². The number of carbonyl (C=O) groups excluding carboxylic acids is 2. The van der Waals surface area contributed by atoms with Gasteiger partial charge < -0.3 is 14.4 Å². The summed E-state index contributed by atoms with van der Waals surface area (Å²) in [5, 5.41) is 0.409. The topological polar surface area (TPSA) is 55.8 Å². The molecule has 3 rings (SSSR count). The van der Waals surface area contributed by atoms with Gasteiger partial charge in [0, 0.05) is 11.7 Å². The quantitative estimate of drug-likeness (QED) is 0.751. The lowest BCUT2D eigenvalue weighted by molar-refractivity contribution is -0.155. The van der Waals surface area contributed by atoms with Crippen molar-refractivity contribution in [1.29, 1.82) is 0 Å². The number of rotatable bonds is 5. The Kier molecular flexibility index (Phi) is 5.47. The number of ether oxygens (including phenoxy) is 2. The van der Waals surface area contributed by atoms with Crippen molar-refractivity contribution < 1.29 is 19.1 Å². The minimum Gasteiger partial charge on any atom is -0.480 e. The molecule has 136 valence electrons. The van der Waals surface area contributed by atoms with Crippen LogP contribution in [-0.4, -0.2) is 30.6 Å². The molecule has 0 aromatic heterocycles. The summed E-state index contributed by atoms with van der Waals surface area (Å²) in [5.74, 6) is -0.466. The minimum absolute atomic E-state index is 0.0282. The van der Waals surface area contributed by atoms with Gasteiger partial charge in [-0.3, -0.25) is 4.79 Å². The van der Waals surface area contributed by atoms with E-state index in [0.29, 0.717) is 10.8 Å². The smallest absolute Gasteiger partial charge is 0.344 e. The van der Waals surface area contributed by atoms with Gasteiger partial charge in [0.2, 0.25) is 0 Å². The lowest BCUT2D eigenvalue weighted by Crippen LogP contribution is -2.43. The zero-order chi connectivity index (χ0) is 18.7. The number of nitrogens with zero attached hydrogens (tertiary/aromatic N) is 1. The van der Waals surface area contributed by atoms with Crippen LogP contribution in [0.15, 0.2) is 48.5 Å². The van der Waals surface area contributed by atoms with Gasteiger partial charge in [-0.1, -0.05) is 41.9 Å². The molecule has 2 aromatic rings. The highest BCUT2D eigenvalue weighted by atomic mass is 35.5. The van der Waals surface area contributed by atoms with E-state index in [2.05, 4.69) is 0 Å². The molecule has 26 heavy (non-hydrogen) atoms. The Bertz CT molecular complexity index is 823. The fourth-order valence-corrected chi connectivity index (χ4v) is 3.27. The highest BCUT2D eigenvalue weighted by Crippen LogP contribution is 2.32. The number of fused-ring (bicyclic) bond motifs is 1. The lowest BCUT2D eigenvalue weighted by atomic mass is 10.1. The van der Waals surface area contributed by atoms with Crippen LogP contribution in [0.4, 0.5) is 5.69 Å². The van der Waals surface area contributed by atoms with E-state index in [9.17, 15) is 9.59 Å². The summed E-state index contributed by atoms with van der Waals surface area (Å²) < 4.78 is 10.6. The summed E-state index contributed by atoms with van der Waals surface area (Å²) >= 11 is 5.98. The highest BCUT2D eigenvalue weighted by Gasteiger charge is 2.34. The van der Waals surface area contributed by atoms with E-state index in [1.54, 1.807) is 36.1 Å². The van der Waals surface area contributed by atoms with Gasteiger partial charge in [0.15, 0.2) is 12.7 Å². The molecule has 0 radical (unpaired) electrons. The number of hydrogen-bond donors (Lipinski definition) is 0. The van der Waals surface area contributed by atoms with Crippen LogP contribution in [0.1, 0.15) is 19.4 Å². The molecule has 6 heteroatoms. The fourth-order valence-electron chi connectivity index (χ4n) is 3.08. The van der Waals surface area contributed by atoms with Crippen molar-refractivity contribution in [2.24, 2.45) is 0 Å². The van der Waals surface area contributed by atoms with Crippen LogP contribution in [0.2, 0.25) is 5.02 Å². The predicted molar refractivity (Wildman–Crippen MR) is 99.6 cm³/mol. The Morgan fingerprint density at radius 1 is 1.19 bits per heavy atom. The van der Waals surface area contributed by atoms with Crippen LogP contribution in [-0.2, 0) is 20.7 Å². The number of esters is 1. The van der Waals surface area contributed by atoms with Crippen LogP contribution < -0.4 is 9.64 Å². The van der Waals surface area contributed by atoms with Crippen molar-refractivity contribution in [3.63, 3.8) is 0 Å². The Balaban J connectivity index is 1.59. The Morgan fingerprint density at radius 2 is 1.88 bits per heavy atom. The first-order chi connectivity index (χ1) is 12.5. The number of carbonyl (C=O) groups is 2. The molecule has 0 bridgehead atoms. The van der Waals surface area contributed by atoms with E-state index in [-0.39, 0.29) is 18.6 Å². The molecule has 0 saturated carbocycles. The summed E-state index contributed by atoms with van der Waals surface area (Å²) in [7, 11) is 0. The number of halogens is 1. The maximum Gasteiger partial charge on any atom is 0.344 e. The van der Waals surface area contributed by atoms with E-state index in [1.807, 2.05) is 31.2 Å². The monoisotopic (exact) mass is 373 g/mol. The average Bonchev–Trinajstić information content (AvgIpc) is 2.96. The SMILES string of the molecule is C[C@@H](OC(=O)COc1ccccc1Cl)C(=O)N1c2ccccc2C[C@@H]1C. The van der Waals surface area contributed by atoms with Gasteiger partial charge in [0.05, 0.1) is 5.02 Å². The van der Waals surface area contributed by atoms with Gasteiger partial charge in [-0.25, -0.2) is 4.79 Å². The summed E-state index contributed by atoms with van der Waals surface area (Å²) in [6, 6.07) is 14.6. The second kappa shape index (κ2) is 7.79. The van der Waals surface area contributed by atoms with Crippen molar-refractivity contribution in [1.82, 2.24) is 0 Å². The van der Waals surface area contributed by atoms with Crippen molar-refractivity contribution in [3.8, 4) is 5.75 Å². The third-order valence-corrected chi connectivity index (χ3v) is 4.60. The zero-order valence-electron chi connectivity index (χ0n) is 14.6. The minimum atomic E-state index is -0.897. The standard InChI is InChI=1S/C20H20ClNO4/c1-13-11-15-7-3-5-9-17(15)22(13)20(24)14(2)26-19(23)12-25-18-10-6-4-8-16(18)21/h3-10,13-14H,11-12H2,1-2H3/t13-,14+/m0/s1. The van der Waals surface area contributed by atoms with E-state index in [0.717, 1.165) is 17.7 Å². The van der Waals surface area contributed by atoms with Gasteiger partial charge in [0.1, 0.15) is 5.75 Å². The third-order valence-electron chi connectivity index (χ3n) is 4.28. The first-order valence-electron chi connectivity index (χ1n) is 8.45. The van der Waals surface area contributed by atoms with Gasteiger partial charge >= 0.3 is 5.97 Å². The van der Waals surface area contributed by atoms with E-state index in [4.69, 9.17) is 21.1 Å². The fraction of sp³-hybridized carbons (Fsp3) is 0.300. The average molecular weight is 374 g/mol. The summed E-state index contributed by atoms with van der Waals surface area (Å²) in [6.45, 7) is 3.24. The highest BCUT2D eigenvalue weighted by molar-refractivity contribution is 6.32. The van der Waals surface area contributed by atoms with Crippen molar-refractivity contribution >= 4 is 29.2 Å². The first-order valence-corrected chi connectivity index (χ1v) is 8.83. The van der Waals surface area contributed by atoms with E-state index < -0.39 is 12.1 Å². The summed E-state index contributed by atoms with van der Waals surface area (Å²) in [6.07, 6.45) is -0.107. The molecule has 1 amide bonds. The summed E-state index contributed by atoms with van der Waals surface area (Å²) in [4.78, 5) is 26.5. The van der Waals surface area contributed by atoms with Crippen molar-refractivity contribution in [3.05, 3.63) is 59.1 Å². The molecule has 0 saturated heterocycles. The molecule has 0 unspecified atom stereocenters. The second-order valence-corrected chi connectivity index (χ2v) is 6.65. The molecule has 0 N–H and O–H groups in total. The molecule has 1 aliphatic heterocycles. The molecule has 0 aliphatic carbocycles. The maximum absolute atomic E-state index is 12.8. The van der Waals surface area contributed by atoms with Gasteiger partial charge in [-0.15, -0.1) is 0 Å². The molecular formula is C20H20ClNO4. The van der Waals surface area contributed by atoms with Crippen LogP contribution in [0.3, 0.4) is 0 Å². The number of para-hydroxylation sites is 2. The number of hydrogen-bond acceptors (Lipinski definition) is 4. The Labute approximate surface area is 157 Å². The molecule has 1 heterocycles. The van der Waals surface area contributed by atoms with Gasteiger partial charge in [-0.2, -0.15) is 0 Å². The van der Waals surface area contributed by atoms with Crippen LogP contribution in [0.25, 0.3) is 0 Å². The predicted octanol–water partition coefficient (Wildman–Crippen LogP) is 3.63. The van der Waals surface area contributed by atoms with Crippen molar-refractivity contribution in [2.75, 3.05) is 11.5 Å². The second-order valence-electron chi connectivity index (χ2n) is 6.24. The lowest BCUT2D eigenvalue weighted by Gasteiger charge is -2.25. The summed E-state index contributed by atoms with van der Waals surface area (Å²) in [5.41, 5.74) is 1.99. The largest absolute Gasteiger partial charge is 0.480 e. The van der Waals surface area contributed by atoms with E-state index in [1.165, 1.54) is 0 Å². The number of anilines is 1. The molecular weight excluding hydrogens is 354 g/mol. The first kappa shape index (κ1) is 18.3. The zero-order valence-corrected chi connectivity index (χ0v) is 15.4. The van der Waals surface area contributed by atoms with Crippen molar-refractivity contribution in [2.45, 2.75) is 32.4 Å². The molecule has 2 atom stereocenters. The molecule has 5 nitrogen and oxygen atoms in total. The Hall–Kier alpha value is -2.53. The van der Waals surface area contributed by atoms with Gasteiger partial charge in [-0.05, 0) is 44.0 Å². The molecule has 1 aliphatic rings.